The van der Waals surface area contributed by atoms with Crippen LogP contribution in [0.25, 0.3) is 10.8 Å². The average Bonchev–Trinajstić information content (AvgIpc) is 2.43. The molecule has 0 saturated heterocycles. The zero-order chi connectivity index (χ0) is 14.1. The highest BCUT2D eigenvalue weighted by Crippen LogP contribution is 2.32. The van der Waals surface area contributed by atoms with E-state index in [1.54, 1.807) is 0 Å². The minimum atomic E-state index is 0.612. The van der Waals surface area contributed by atoms with E-state index in [2.05, 4.69) is 45.5 Å². The van der Waals surface area contributed by atoms with E-state index in [1.807, 2.05) is 30.3 Å². The van der Waals surface area contributed by atoms with Gasteiger partial charge in [0.25, 0.3) is 0 Å². The molecule has 0 aliphatic carbocycles. The van der Waals surface area contributed by atoms with Gasteiger partial charge in [0, 0.05) is 10.2 Å². The SMILES string of the molecule is Nc1cccc(Cl)c1Nc1ccc2cc(Br)ccc2c1. The van der Waals surface area contributed by atoms with Crippen molar-refractivity contribution in [2.45, 2.75) is 0 Å². The Kier molecular flexibility index (Phi) is 3.55. The maximum Gasteiger partial charge on any atom is 0.0807 e. The number of halogens is 2. The minimum Gasteiger partial charge on any atom is -0.397 e. The van der Waals surface area contributed by atoms with Gasteiger partial charge >= 0.3 is 0 Å². The fraction of sp³-hybridized carbons (Fsp3) is 0. The molecule has 3 aromatic rings. The van der Waals surface area contributed by atoms with Crippen molar-refractivity contribution >= 4 is 55.4 Å². The largest absolute Gasteiger partial charge is 0.397 e. The molecule has 3 rings (SSSR count). The number of para-hydroxylation sites is 1. The van der Waals surface area contributed by atoms with Gasteiger partial charge in [0.1, 0.15) is 0 Å². The van der Waals surface area contributed by atoms with Crippen LogP contribution in [0.1, 0.15) is 0 Å². The van der Waals surface area contributed by atoms with Crippen molar-refractivity contribution in [2.24, 2.45) is 0 Å². The third kappa shape index (κ3) is 2.60. The van der Waals surface area contributed by atoms with Crippen molar-refractivity contribution in [3.63, 3.8) is 0 Å². The number of anilines is 3. The molecule has 0 heterocycles. The van der Waals surface area contributed by atoms with E-state index >= 15 is 0 Å². The predicted molar refractivity (Wildman–Crippen MR) is 90.8 cm³/mol. The lowest BCUT2D eigenvalue weighted by molar-refractivity contribution is 1.56. The number of hydrogen-bond donors (Lipinski definition) is 2. The Morgan fingerprint density at radius 3 is 2.50 bits per heavy atom. The van der Waals surface area contributed by atoms with Gasteiger partial charge in [0.2, 0.25) is 0 Å². The highest BCUT2D eigenvalue weighted by atomic mass is 79.9. The van der Waals surface area contributed by atoms with Crippen molar-refractivity contribution in [3.8, 4) is 0 Å². The lowest BCUT2D eigenvalue weighted by Crippen LogP contribution is -1.96. The van der Waals surface area contributed by atoms with E-state index in [-0.39, 0.29) is 0 Å². The van der Waals surface area contributed by atoms with Crippen molar-refractivity contribution in [3.05, 3.63) is 64.1 Å². The summed E-state index contributed by atoms with van der Waals surface area (Å²) in [6.45, 7) is 0. The molecule has 0 saturated carbocycles. The normalized spacial score (nSPS) is 10.7. The summed E-state index contributed by atoms with van der Waals surface area (Å²) in [7, 11) is 0. The second kappa shape index (κ2) is 5.35. The van der Waals surface area contributed by atoms with E-state index in [9.17, 15) is 0 Å². The van der Waals surface area contributed by atoms with Crippen LogP contribution < -0.4 is 11.1 Å². The van der Waals surface area contributed by atoms with Gasteiger partial charge in [-0.15, -0.1) is 0 Å². The number of hydrogen-bond acceptors (Lipinski definition) is 2. The molecular weight excluding hydrogens is 336 g/mol. The van der Waals surface area contributed by atoms with Crippen LogP contribution in [-0.4, -0.2) is 0 Å². The summed E-state index contributed by atoms with van der Waals surface area (Å²) in [5.41, 5.74) is 8.28. The quantitative estimate of drug-likeness (QED) is 0.594. The van der Waals surface area contributed by atoms with Crippen molar-refractivity contribution in [1.29, 1.82) is 0 Å². The first-order chi connectivity index (χ1) is 9.63. The van der Waals surface area contributed by atoms with Crippen LogP contribution in [0.2, 0.25) is 5.02 Å². The van der Waals surface area contributed by atoms with Crippen LogP contribution in [0.4, 0.5) is 17.1 Å². The van der Waals surface area contributed by atoms with Gasteiger partial charge in [-0.05, 0) is 47.2 Å². The molecule has 3 aromatic carbocycles. The lowest BCUT2D eigenvalue weighted by atomic mass is 10.1. The standard InChI is InChI=1S/C16H12BrClN2/c17-12-6-4-11-9-13(7-5-10(11)8-12)20-16-14(18)2-1-3-15(16)19/h1-9,20H,19H2. The fourth-order valence-corrected chi connectivity index (χ4v) is 2.72. The Balaban J connectivity index is 2.01. The van der Waals surface area contributed by atoms with Crippen molar-refractivity contribution in [2.75, 3.05) is 11.1 Å². The molecule has 0 amide bonds. The maximum atomic E-state index is 6.17. The summed E-state index contributed by atoms with van der Waals surface area (Å²) in [6, 6.07) is 17.8. The molecule has 0 unspecified atom stereocenters. The molecule has 100 valence electrons. The van der Waals surface area contributed by atoms with Crippen LogP contribution in [-0.2, 0) is 0 Å². The number of nitrogens with two attached hydrogens (primary N) is 1. The monoisotopic (exact) mass is 346 g/mol. The van der Waals surface area contributed by atoms with E-state index in [1.165, 1.54) is 5.39 Å². The second-order valence-electron chi connectivity index (χ2n) is 4.54. The number of fused-ring (bicyclic) bond motifs is 1. The summed E-state index contributed by atoms with van der Waals surface area (Å²) in [5.74, 6) is 0. The van der Waals surface area contributed by atoms with Crippen LogP contribution in [0.15, 0.2) is 59.1 Å². The zero-order valence-electron chi connectivity index (χ0n) is 10.5. The number of rotatable bonds is 2. The van der Waals surface area contributed by atoms with E-state index in [0.29, 0.717) is 10.7 Å². The van der Waals surface area contributed by atoms with E-state index in [0.717, 1.165) is 21.2 Å². The summed E-state index contributed by atoms with van der Waals surface area (Å²) in [6.07, 6.45) is 0. The molecular formula is C16H12BrClN2. The van der Waals surface area contributed by atoms with Crippen molar-refractivity contribution in [1.82, 2.24) is 0 Å². The second-order valence-corrected chi connectivity index (χ2v) is 5.86. The first-order valence-electron chi connectivity index (χ1n) is 6.14. The first kappa shape index (κ1) is 13.3. The molecule has 2 nitrogen and oxygen atoms in total. The third-order valence-corrected chi connectivity index (χ3v) is 3.93. The first-order valence-corrected chi connectivity index (χ1v) is 7.31. The van der Waals surface area contributed by atoms with Crippen LogP contribution in [0.5, 0.6) is 0 Å². The minimum absolute atomic E-state index is 0.612. The van der Waals surface area contributed by atoms with Gasteiger partial charge in [-0.2, -0.15) is 0 Å². The highest BCUT2D eigenvalue weighted by Gasteiger charge is 2.05. The maximum absolute atomic E-state index is 6.17. The van der Waals surface area contributed by atoms with Crippen LogP contribution in [0, 0.1) is 0 Å². The topological polar surface area (TPSA) is 38.0 Å². The average molecular weight is 348 g/mol. The zero-order valence-corrected chi connectivity index (χ0v) is 12.9. The lowest BCUT2D eigenvalue weighted by Gasteiger charge is -2.12. The number of nitrogen functional groups attached to an aromatic ring is 1. The predicted octanol–water partition coefficient (Wildman–Crippen LogP) is 5.58. The van der Waals surface area contributed by atoms with Gasteiger partial charge in [-0.3, -0.25) is 0 Å². The number of benzene rings is 3. The molecule has 4 heteroatoms. The van der Waals surface area contributed by atoms with Crippen LogP contribution in [0.3, 0.4) is 0 Å². The van der Waals surface area contributed by atoms with Gasteiger partial charge in [-0.1, -0.05) is 45.7 Å². The van der Waals surface area contributed by atoms with Gasteiger partial charge in [-0.25, -0.2) is 0 Å². The molecule has 3 N–H and O–H groups in total. The molecule has 0 fully saturated rings. The van der Waals surface area contributed by atoms with E-state index in [4.69, 9.17) is 17.3 Å². The Labute approximate surface area is 130 Å². The highest BCUT2D eigenvalue weighted by molar-refractivity contribution is 9.10. The Hall–Kier alpha value is -1.71. The van der Waals surface area contributed by atoms with Crippen LogP contribution >= 0.6 is 27.5 Å². The molecule has 0 aromatic heterocycles. The molecule has 0 aliphatic heterocycles. The summed E-state index contributed by atoms with van der Waals surface area (Å²) >= 11 is 9.64. The molecule has 0 spiro atoms. The Morgan fingerprint density at radius 1 is 0.950 bits per heavy atom. The fourth-order valence-electron chi connectivity index (χ4n) is 2.11. The third-order valence-electron chi connectivity index (χ3n) is 3.12. The molecule has 20 heavy (non-hydrogen) atoms. The van der Waals surface area contributed by atoms with Gasteiger partial charge < -0.3 is 11.1 Å². The molecule has 0 aliphatic rings. The molecule has 0 atom stereocenters. The molecule has 0 radical (unpaired) electrons. The Bertz CT molecular complexity index is 766. The Morgan fingerprint density at radius 2 is 1.70 bits per heavy atom. The summed E-state index contributed by atoms with van der Waals surface area (Å²) in [5, 5.41) is 6.22. The van der Waals surface area contributed by atoms with Crippen molar-refractivity contribution < 1.29 is 0 Å². The summed E-state index contributed by atoms with van der Waals surface area (Å²) < 4.78 is 1.07. The smallest absolute Gasteiger partial charge is 0.0807 e. The summed E-state index contributed by atoms with van der Waals surface area (Å²) in [4.78, 5) is 0. The number of nitrogens with one attached hydrogen (secondary N) is 1. The van der Waals surface area contributed by atoms with Gasteiger partial charge in [0.05, 0.1) is 16.4 Å². The van der Waals surface area contributed by atoms with E-state index < -0.39 is 0 Å². The van der Waals surface area contributed by atoms with Gasteiger partial charge in [0.15, 0.2) is 0 Å². The molecule has 0 bridgehead atoms.